The second-order valence-corrected chi connectivity index (χ2v) is 5.46. The zero-order chi connectivity index (χ0) is 15.1. The van der Waals surface area contributed by atoms with Gasteiger partial charge >= 0.3 is 0 Å². The lowest BCUT2D eigenvalue weighted by atomic mass is 10.1. The lowest BCUT2D eigenvalue weighted by molar-refractivity contribution is 1.31. The van der Waals surface area contributed by atoms with E-state index < -0.39 is 0 Å². The van der Waals surface area contributed by atoms with Crippen LogP contribution >= 0.6 is 0 Å². The number of nitrogens with one attached hydrogen (secondary N) is 1. The lowest BCUT2D eigenvalue weighted by Crippen LogP contribution is -2.05. The summed E-state index contributed by atoms with van der Waals surface area (Å²) in [6, 6.07) is 19.5. The van der Waals surface area contributed by atoms with Gasteiger partial charge in [0.25, 0.3) is 0 Å². The van der Waals surface area contributed by atoms with Crippen molar-refractivity contribution in [1.29, 1.82) is 0 Å². The Morgan fingerprint density at radius 2 is 1.64 bits per heavy atom. The largest absolute Gasteiger partial charge is 0.339 e. The normalized spacial score (nSPS) is 11.1. The Morgan fingerprint density at radius 1 is 0.864 bits per heavy atom. The summed E-state index contributed by atoms with van der Waals surface area (Å²) in [5, 5.41) is 1.31. The summed E-state index contributed by atoms with van der Waals surface area (Å²) in [5.41, 5.74) is 4.58. The van der Waals surface area contributed by atoms with Crippen molar-refractivity contribution >= 4 is 21.9 Å². The van der Waals surface area contributed by atoms with Crippen molar-refractivity contribution in [3.05, 3.63) is 76.5 Å². The van der Waals surface area contributed by atoms with E-state index in [9.17, 15) is 4.79 Å². The van der Waals surface area contributed by atoms with Gasteiger partial charge in [0.1, 0.15) is 5.65 Å². The van der Waals surface area contributed by atoms with Gasteiger partial charge in [0.15, 0.2) is 5.43 Å². The number of aromatic nitrogens is 2. The molecule has 1 N–H and O–H groups in total. The van der Waals surface area contributed by atoms with Crippen LogP contribution in [0.15, 0.2) is 65.5 Å². The number of rotatable bonds is 1. The standard InChI is InChI=1S/C19H14N2O/c1-12-6-8-13(9-7-12)16-11-10-15-18(22)14-4-2-3-5-17(14)21-19(15)20-16/h2-11H,1H3,(H,20,21,22). The van der Waals surface area contributed by atoms with Crippen LogP contribution in [0.5, 0.6) is 0 Å². The third kappa shape index (κ3) is 1.99. The predicted molar refractivity (Wildman–Crippen MR) is 90.0 cm³/mol. The molecule has 2 aromatic carbocycles. The van der Waals surface area contributed by atoms with Crippen molar-refractivity contribution in [1.82, 2.24) is 9.97 Å². The Morgan fingerprint density at radius 3 is 2.45 bits per heavy atom. The number of H-pyrrole nitrogens is 1. The van der Waals surface area contributed by atoms with Crippen molar-refractivity contribution in [2.24, 2.45) is 0 Å². The van der Waals surface area contributed by atoms with E-state index in [-0.39, 0.29) is 5.43 Å². The minimum Gasteiger partial charge on any atom is -0.339 e. The van der Waals surface area contributed by atoms with Gasteiger partial charge in [0, 0.05) is 10.9 Å². The van der Waals surface area contributed by atoms with Gasteiger partial charge in [-0.15, -0.1) is 0 Å². The number of hydrogen-bond donors (Lipinski definition) is 1. The summed E-state index contributed by atoms with van der Waals surface area (Å²) in [7, 11) is 0. The fourth-order valence-corrected chi connectivity index (χ4v) is 2.69. The Kier molecular flexibility index (Phi) is 2.79. The molecule has 0 saturated heterocycles. The van der Waals surface area contributed by atoms with Crippen LogP contribution in [0.3, 0.4) is 0 Å². The number of pyridine rings is 2. The highest BCUT2D eigenvalue weighted by molar-refractivity contribution is 5.91. The smallest absolute Gasteiger partial charge is 0.198 e. The fourth-order valence-electron chi connectivity index (χ4n) is 2.69. The number of benzene rings is 2. The first kappa shape index (κ1) is 12.8. The van der Waals surface area contributed by atoms with E-state index in [1.807, 2.05) is 48.5 Å². The number of para-hydroxylation sites is 1. The zero-order valence-corrected chi connectivity index (χ0v) is 12.1. The van der Waals surface area contributed by atoms with Gasteiger partial charge in [0.05, 0.1) is 16.6 Å². The van der Waals surface area contributed by atoms with Crippen molar-refractivity contribution < 1.29 is 0 Å². The number of hydrogen-bond acceptors (Lipinski definition) is 2. The molecular formula is C19H14N2O. The Hall–Kier alpha value is -2.94. The predicted octanol–water partition coefficient (Wildman–Crippen LogP) is 4.05. The minimum atomic E-state index is 0.0207. The van der Waals surface area contributed by atoms with Crippen molar-refractivity contribution in [2.75, 3.05) is 0 Å². The molecule has 0 atom stereocenters. The quantitative estimate of drug-likeness (QED) is 0.536. The average Bonchev–Trinajstić information content (AvgIpc) is 2.55. The minimum absolute atomic E-state index is 0.0207. The maximum absolute atomic E-state index is 12.5. The van der Waals surface area contributed by atoms with E-state index in [0.29, 0.717) is 16.4 Å². The number of aryl methyl sites for hydroxylation is 1. The van der Waals surface area contributed by atoms with Gasteiger partial charge in [-0.2, -0.15) is 0 Å². The molecule has 0 fully saturated rings. The van der Waals surface area contributed by atoms with E-state index >= 15 is 0 Å². The van der Waals surface area contributed by atoms with E-state index in [1.165, 1.54) is 5.56 Å². The summed E-state index contributed by atoms with van der Waals surface area (Å²) in [6.07, 6.45) is 0. The highest BCUT2D eigenvalue weighted by Crippen LogP contribution is 2.20. The molecule has 106 valence electrons. The van der Waals surface area contributed by atoms with Crippen molar-refractivity contribution in [2.45, 2.75) is 6.92 Å². The van der Waals surface area contributed by atoms with Gasteiger partial charge in [-0.25, -0.2) is 4.98 Å². The molecule has 0 aliphatic heterocycles. The summed E-state index contributed by atoms with van der Waals surface area (Å²) >= 11 is 0. The molecule has 2 aromatic heterocycles. The summed E-state index contributed by atoms with van der Waals surface area (Å²) in [4.78, 5) is 20.4. The second-order valence-electron chi connectivity index (χ2n) is 5.46. The molecule has 0 aliphatic rings. The van der Waals surface area contributed by atoms with Gasteiger partial charge in [-0.05, 0) is 31.2 Å². The van der Waals surface area contributed by atoms with Crippen LogP contribution in [0, 0.1) is 6.92 Å². The maximum Gasteiger partial charge on any atom is 0.198 e. The van der Waals surface area contributed by atoms with Gasteiger partial charge in [-0.3, -0.25) is 4.79 Å². The first-order valence-electron chi connectivity index (χ1n) is 7.21. The highest BCUT2D eigenvalue weighted by Gasteiger charge is 2.07. The average molecular weight is 286 g/mol. The SMILES string of the molecule is Cc1ccc(-c2ccc3c(=O)c4ccccc4[nH]c3n2)cc1. The van der Waals surface area contributed by atoms with Crippen LogP contribution < -0.4 is 5.43 Å². The van der Waals surface area contributed by atoms with Crippen molar-refractivity contribution in [3.8, 4) is 11.3 Å². The highest BCUT2D eigenvalue weighted by atomic mass is 16.1. The van der Waals surface area contributed by atoms with E-state index in [1.54, 1.807) is 0 Å². The monoisotopic (exact) mass is 286 g/mol. The molecule has 0 spiro atoms. The van der Waals surface area contributed by atoms with Crippen LogP contribution in [-0.2, 0) is 0 Å². The molecule has 4 rings (SSSR count). The van der Waals surface area contributed by atoms with E-state index in [4.69, 9.17) is 0 Å². The first-order valence-corrected chi connectivity index (χ1v) is 7.21. The number of fused-ring (bicyclic) bond motifs is 2. The van der Waals surface area contributed by atoms with Crippen LogP contribution in [-0.4, -0.2) is 9.97 Å². The Balaban J connectivity index is 1.99. The molecule has 0 bridgehead atoms. The van der Waals surface area contributed by atoms with Gasteiger partial charge in [-0.1, -0.05) is 42.0 Å². The number of aromatic amines is 1. The molecule has 0 amide bonds. The van der Waals surface area contributed by atoms with Crippen LogP contribution in [0.4, 0.5) is 0 Å². The summed E-state index contributed by atoms with van der Waals surface area (Å²) < 4.78 is 0. The van der Waals surface area contributed by atoms with Crippen LogP contribution in [0.2, 0.25) is 0 Å². The third-order valence-electron chi connectivity index (χ3n) is 3.91. The van der Waals surface area contributed by atoms with Gasteiger partial charge < -0.3 is 4.98 Å². The lowest BCUT2D eigenvalue weighted by Gasteiger charge is -2.05. The fraction of sp³-hybridized carbons (Fsp3) is 0.0526. The number of nitrogens with zero attached hydrogens (tertiary/aromatic N) is 1. The zero-order valence-electron chi connectivity index (χ0n) is 12.1. The van der Waals surface area contributed by atoms with E-state index in [0.717, 1.165) is 16.8 Å². The summed E-state index contributed by atoms with van der Waals surface area (Å²) in [5.74, 6) is 0. The van der Waals surface area contributed by atoms with E-state index in [2.05, 4.69) is 29.0 Å². The third-order valence-corrected chi connectivity index (χ3v) is 3.91. The Labute approximate surface area is 127 Å². The Bertz CT molecular complexity index is 1050. The topological polar surface area (TPSA) is 45.8 Å². The molecule has 0 saturated carbocycles. The second kappa shape index (κ2) is 4.81. The molecule has 4 aromatic rings. The molecule has 0 aliphatic carbocycles. The van der Waals surface area contributed by atoms with Crippen LogP contribution in [0.1, 0.15) is 5.56 Å². The molecule has 0 unspecified atom stereocenters. The molecular weight excluding hydrogens is 272 g/mol. The first-order chi connectivity index (χ1) is 10.7. The molecule has 22 heavy (non-hydrogen) atoms. The molecule has 3 nitrogen and oxygen atoms in total. The maximum atomic E-state index is 12.5. The molecule has 2 heterocycles. The van der Waals surface area contributed by atoms with Gasteiger partial charge in [0.2, 0.25) is 0 Å². The van der Waals surface area contributed by atoms with Crippen molar-refractivity contribution in [3.63, 3.8) is 0 Å². The molecule has 3 heteroatoms. The van der Waals surface area contributed by atoms with Crippen LogP contribution in [0.25, 0.3) is 33.2 Å². The molecule has 0 radical (unpaired) electrons. The summed E-state index contributed by atoms with van der Waals surface area (Å²) in [6.45, 7) is 2.06.